The number of carbonyl (C=O) groups excluding carboxylic acids is 1. The van der Waals surface area contributed by atoms with Gasteiger partial charge in [0.2, 0.25) is 0 Å². The first-order chi connectivity index (χ1) is 11.7. The molecule has 0 aliphatic carbocycles. The molecule has 1 aromatic heterocycles. The van der Waals surface area contributed by atoms with E-state index in [-0.39, 0.29) is 12.4 Å². The van der Waals surface area contributed by atoms with E-state index < -0.39 is 11.7 Å². The van der Waals surface area contributed by atoms with Crippen molar-refractivity contribution in [1.29, 1.82) is 0 Å². The molecular weight excluding hydrogens is 342 g/mol. The summed E-state index contributed by atoms with van der Waals surface area (Å²) in [6.07, 6.45) is 0.897. The summed E-state index contributed by atoms with van der Waals surface area (Å²) < 4.78 is 10.7. The van der Waals surface area contributed by atoms with E-state index in [2.05, 4.69) is 4.98 Å². The van der Waals surface area contributed by atoms with Gasteiger partial charge in [0.1, 0.15) is 17.2 Å². The number of anilines is 2. The fourth-order valence-corrected chi connectivity index (χ4v) is 2.33. The van der Waals surface area contributed by atoms with Gasteiger partial charge in [0.05, 0.1) is 30.6 Å². The highest BCUT2D eigenvalue weighted by Gasteiger charge is 2.25. The first-order valence-corrected chi connectivity index (χ1v) is 8.12. The Morgan fingerprint density at radius 3 is 2.48 bits per heavy atom. The van der Waals surface area contributed by atoms with E-state index in [4.69, 9.17) is 26.8 Å². The summed E-state index contributed by atoms with van der Waals surface area (Å²) in [7, 11) is 1.60. The zero-order valence-corrected chi connectivity index (χ0v) is 15.5. The second-order valence-corrected chi connectivity index (χ2v) is 6.88. The number of hydrogen-bond donors (Lipinski definition) is 1. The average Bonchev–Trinajstić information content (AvgIpc) is 2.54. The molecule has 7 heteroatoms. The van der Waals surface area contributed by atoms with E-state index in [1.54, 1.807) is 33.9 Å². The van der Waals surface area contributed by atoms with Gasteiger partial charge in [-0.05, 0) is 38.5 Å². The predicted molar refractivity (Wildman–Crippen MR) is 99.1 cm³/mol. The first-order valence-electron chi connectivity index (χ1n) is 7.74. The second-order valence-electron chi connectivity index (χ2n) is 6.48. The van der Waals surface area contributed by atoms with E-state index in [9.17, 15) is 4.79 Å². The summed E-state index contributed by atoms with van der Waals surface area (Å²) in [4.78, 5) is 18.1. The SMILES string of the molecule is COc1ccc(CN(C(=O)OC(C)(C)C)c2cc(N)ncc2Cl)cc1. The van der Waals surface area contributed by atoms with Crippen molar-refractivity contribution in [3.8, 4) is 5.75 Å². The van der Waals surface area contributed by atoms with E-state index in [0.717, 1.165) is 11.3 Å². The quantitative estimate of drug-likeness (QED) is 0.877. The number of carbonyl (C=O) groups is 1. The number of aromatic nitrogens is 1. The lowest BCUT2D eigenvalue weighted by molar-refractivity contribution is 0.0577. The maximum Gasteiger partial charge on any atom is 0.415 e. The maximum atomic E-state index is 12.7. The Labute approximate surface area is 152 Å². The molecule has 0 saturated carbocycles. The number of pyridine rings is 1. The molecule has 25 heavy (non-hydrogen) atoms. The van der Waals surface area contributed by atoms with Gasteiger partial charge in [0.15, 0.2) is 0 Å². The van der Waals surface area contributed by atoms with Gasteiger partial charge in [-0.1, -0.05) is 23.7 Å². The first kappa shape index (κ1) is 18.9. The summed E-state index contributed by atoms with van der Waals surface area (Å²) in [5.74, 6) is 1.00. The van der Waals surface area contributed by atoms with Gasteiger partial charge >= 0.3 is 6.09 Å². The van der Waals surface area contributed by atoms with Crippen LogP contribution in [0.3, 0.4) is 0 Å². The fourth-order valence-electron chi connectivity index (χ4n) is 2.13. The molecule has 1 aromatic carbocycles. The van der Waals surface area contributed by atoms with E-state index in [1.807, 2.05) is 24.3 Å². The van der Waals surface area contributed by atoms with E-state index in [1.165, 1.54) is 11.1 Å². The number of halogens is 1. The highest BCUT2D eigenvalue weighted by Crippen LogP contribution is 2.29. The molecule has 1 amide bonds. The van der Waals surface area contributed by atoms with Gasteiger partial charge in [0, 0.05) is 6.07 Å². The molecule has 0 aliphatic heterocycles. The molecule has 2 N–H and O–H groups in total. The van der Waals surface area contributed by atoms with Gasteiger partial charge in [-0.15, -0.1) is 0 Å². The number of nitrogen functional groups attached to an aromatic ring is 1. The Hall–Kier alpha value is -2.47. The van der Waals surface area contributed by atoms with Crippen LogP contribution in [0.5, 0.6) is 5.75 Å². The number of methoxy groups -OCH3 is 1. The van der Waals surface area contributed by atoms with Crippen molar-refractivity contribution >= 4 is 29.2 Å². The topological polar surface area (TPSA) is 77.7 Å². The van der Waals surface area contributed by atoms with Crippen molar-refractivity contribution in [2.75, 3.05) is 17.7 Å². The zero-order valence-electron chi connectivity index (χ0n) is 14.7. The Balaban J connectivity index is 2.37. The van der Waals surface area contributed by atoms with E-state index in [0.29, 0.717) is 10.7 Å². The molecule has 6 nitrogen and oxygen atoms in total. The Morgan fingerprint density at radius 1 is 1.28 bits per heavy atom. The van der Waals surface area contributed by atoms with Crippen LogP contribution in [0.1, 0.15) is 26.3 Å². The van der Waals surface area contributed by atoms with Crippen molar-refractivity contribution in [1.82, 2.24) is 4.98 Å². The van der Waals surface area contributed by atoms with Crippen molar-refractivity contribution < 1.29 is 14.3 Å². The molecule has 0 unspecified atom stereocenters. The second kappa shape index (κ2) is 7.61. The molecule has 0 radical (unpaired) electrons. The lowest BCUT2D eigenvalue weighted by Gasteiger charge is -2.28. The summed E-state index contributed by atoms with van der Waals surface area (Å²) >= 11 is 6.23. The molecule has 0 bridgehead atoms. The van der Waals surface area contributed by atoms with E-state index >= 15 is 0 Å². The van der Waals surface area contributed by atoms with Gasteiger partial charge in [-0.25, -0.2) is 9.78 Å². The number of rotatable bonds is 4. The van der Waals surface area contributed by atoms with Crippen LogP contribution < -0.4 is 15.4 Å². The predicted octanol–water partition coefficient (Wildman–Crippen LogP) is 4.27. The fraction of sp³-hybridized carbons (Fsp3) is 0.333. The van der Waals surface area contributed by atoms with Crippen molar-refractivity contribution in [2.45, 2.75) is 32.9 Å². The number of nitrogens with two attached hydrogens (primary N) is 1. The summed E-state index contributed by atoms with van der Waals surface area (Å²) in [5.41, 5.74) is 6.45. The standard InChI is InChI=1S/C18H22ClN3O3/c1-18(2,3)25-17(23)22(15-9-16(20)21-10-14(15)19)11-12-5-7-13(24-4)8-6-12/h5-10H,11H2,1-4H3,(H2,20,21). The molecule has 134 valence electrons. The molecule has 1 heterocycles. The van der Waals surface area contributed by atoms with Crippen LogP contribution in [-0.2, 0) is 11.3 Å². The molecule has 0 atom stereocenters. The van der Waals surface area contributed by atoms with Crippen LogP contribution in [0.15, 0.2) is 36.5 Å². The van der Waals surface area contributed by atoms with Crippen LogP contribution in [0.25, 0.3) is 0 Å². The summed E-state index contributed by atoms with van der Waals surface area (Å²) in [6, 6.07) is 8.94. The molecule has 0 aliphatic rings. The van der Waals surface area contributed by atoms with Crippen molar-refractivity contribution in [3.63, 3.8) is 0 Å². The lowest BCUT2D eigenvalue weighted by Crippen LogP contribution is -2.36. The van der Waals surface area contributed by atoms with Crippen LogP contribution in [0.2, 0.25) is 5.02 Å². The summed E-state index contributed by atoms with van der Waals surface area (Å²) in [5, 5.41) is 0.313. The molecule has 0 spiro atoms. The lowest BCUT2D eigenvalue weighted by atomic mass is 10.2. The molecular formula is C18H22ClN3O3. The van der Waals surface area contributed by atoms with Crippen LogP contribution >= 0.6 is 11.6 Å². The summed E-state index contributed by atoms with van der Waals surface area (Å²) in [6.45, 7) is 5.68. The molecule has 2 aromatic rings. The highest BCUT2D eigenvalue weighted by atomic mass is 35.5. The van der Waals surface area contributed by atoms with Crippen LogP contribution in [0.4, 0.5) is 16.3 Å². The maximum absolute atomic E-state index is 12.7. The van der Waals surface area contributed by atoms with Crippen LogP contribution in [0, 0.1) is 0 Å². The smallest absolute Gasteiger partial charge is 0.415 e. The molecule has 2 rings (SSSR count). The number of amides is 1. The third-order valence-corrected chi connectivity index (χ3v) is 3.55. The Bertz CT molecular complexity index is 742. The molecule has 0 saturated heterocycles. The minimum Gasteiger partial charge on any atom is -0.497 e. The number of ether oxygens (including phenoxy) is 2. The van der Waals surface area contributed by atoms with Crippen LogP contribution in [-0.4, -0.2) is 23.8 Å². The zero-order chi connectivity index (χ0) is 18.6. The van der Waals surface area contributed by atoms with Gasteiger partial charge in [-0.2, -0.15) is 0 Å². The Morgan fingerprint density at radius 2 is 1.92 bits per heavy atom. The van der Waals surface area contributed by atoms with Crippen molar-refractivity contribution in [2.24, 2.45) is 0 Å². The minimum absolute atomic E-state index is 0.266. The third-order valence-electron chi connectivity index (χ3n) is 3.26. The highest BCUT2D eigenvalue weighted by molar-refractivity contribution is 6.33. The normalized spacial score (nSPS) is 11.1. The van der Waals surface area contributed by atoms with Gasteiger partial charge in [-0.3, -0.25) is 4.90 Å². The minimum atomic E-state index is -0.639. The monoisotopic (exact) mass is 363 g/mol. The third kappa shape index (κ3) is 5.26. The van der Waals surface area contributed by atoms with Gasteiger partial charge < -0.3 is 15.2 Å². The average molecular weight is 364 g/mol. The largest absolute Gasteiger partial charge is 0.497 e. The van der Waals surface area contributed by atoms with Crippen molar-refractivity contribution in [3.05, 3.63) is 47.1 Å². The molecule has 0 fully saturated rings. The van der Waals surface area contributed by atoms with Gasteiger partial charge in [0.25, 0.3) is 0 Å². The Kier molecular flexibility index (Phi) is 5.74. The number of nitrogens with zero attached hydrogens (tertiary/aromatic N) is 2. The number of benzene rings is 1. The number of hydrogen-bond acceptors (Lipinski definition) is 5.